The first-order chi connectivity index (χ1) is 9.17. The Balaban J connectivity index is 3.08. The zero-order chi connectivity index (χ0) is 15.5. The van der Waals surface area contributed by atoms with E-state index in [9.17, 15) is 14.7 Å². The van der Waals surface area contributed by atoms with Crippen LogP contribution in [0.1, 0.15) is 32.4 Å². The summed E-state index contributed by atoms with van der Waals surface area (Å²) in [5.74, 6) is -0.148. The van der Waals surface area contributed by atoms with Crippen LogP contribution in [-0.4, -0.2) is 35.0 Å². The fourth-order valence-corrected chi connectivity index (χ4v) is 1.90. The molecule has 0 bridgehead atoms. The minimum absolute atomic E-state index is 0.148. The van der Waals surface area contributed by atoms with Gasteiger partial charge in [-0.15, -0.1) is 0 Å². The number of halogens is 1. The van der Waals surface area contributed by atoms with Crippen LogP contribution in [0.3, 0.4) is 0 Å². The van der Waals surface area contributed by atoms with Gasteiger partial charge in [-0.05, 0) is 32.9 Å². The molecule has 1 rings (SSSR count). The lowest BCUT2D eigenvalue weighted by molar-refractivity contribution is -0.112. The van der Waals surface area contributed by atoms with Crippen LogP contribution in [0.2, 0.25) is 5.02 Å². The molecule has 1 unspecified atom stereocenters. The highest BCUT2D eigenvalue weighted by molar-refractivity contribution is 6.31. The van der Waals surface area contributed by atoms with E-state index < -0.39 is 17.7 Å². The molecule has 5 nitrogen and oxygen atoms in total. The number of likely N-dealkylation sites (N-methyl/N-ethyl adjacent to an activating group) is 1. The monoisotopic (exact) mass is 299 g/mol. The summed E-state index contributed by atoms with van der Waals surface area (Å²) < 4.78 is 5.19. The normalized spacial score (nSPS) is 12.7. The Hall–Kier alpha value is -1.75. The third kappa shape index (κ3) is 3.87. The van der Waals surface area contributed by atoms with Crippen LogP contribution in [0.4, 0.5) is 4.79 Å². The third-order valence-electron chi connectivity index (χ3n) is 2.55. The number of hydrogen-bond donors (Lipinski definition) is 1. The Morgan fingerprint density at radius 3 is 2.50 bits per heavy atom. The van der Waals surface area contributed by atoms with Gasteiger partial charge in [0, 0.05) is 17.6 Å². The molecule has 1 amide bonds. The van der Waals surface area contributed by atoms with Crippen LogP contribution < -0.4 is 0 Å². The van der Waals surface area contributed by atoms with Gasteiger partial charge in [0.2, 0.25) is 0 Å². The number of aldehydes is 1. The van der Waals surface area contributed by atoms with Crippen molar-refractivity contribution in [1.29, 1.82) is 0 Å². The Morgan fingerprint density at radius 1 is 1.45 bits per heavy atom. The van der Waals surface area contributed by atoms with E-state index in [1.54, 1.807) is 26.8 Å². The molecule has 20 heavy (non-hydrogen) atoms. The molecule has 0 aromatic heterocycles. The van der Waals surface area contributed by atoms with Gasteiger partial charge >= 0.3 is 6.09 Å². The molecule has 1 aromatic rings. The molecule has 0 saturated carbocycles. The number of nitrogens with zero attached hydrogens (tertiary/aromatic N) is 1. The van der Waals surface area contributed by atoms with Gasteiger partial charge in [0.05, 0.1) is 0 Å². The quantitative estimate of drug-likeness (QED) is 0.871. The van der Waals surface area contributed by atoms with E-state index in [4.69, 9.17) is 16.3 Å². The Bertz CT molecular complexity index is 490. The molecule has 0 saturated heterocycles. The van der Waals surface area contributed by atoms with Crippen molar-refractivity contribution in [3.05, 3.63) is 28.8 Å². The molecule has 0 aliphatic heterocycles. The van der Waals surface area contributed by atoms with E-state index in [2.05, 4.69) is 0 Å². The van der Waals surface area contributed by atoms with Gasteiger partial charge in [0.15, 0.2) is 0 Å². The van der Waals surface area contributed by atoms with Crippen molar-refractivity contribution >= 4 is 24.0 Å². The number of ether oxygens (including phenoxy) is 1. The first kappa shape index (κ1) is 16.3. The predicted molar refractivity (Wildman–Crippen MR) is 75.9 cm³/mol. The topological polar surface area (TPSA) is 66.8 Å². The molecule has 1 N–H and O–H groups in total. The molecule has 6 heteroatoms. The number of hydrogen-bond acceptors (Lipinski definition) is 4. The van der Waals surface area contributed by atoms with Crippen molar-refractivity contribution in [1.82, 2.24) is 4.90 Å². The van der Waals surface area contributed by atoms with Crippen LogP contribution in [0.15, 0.2) is 18.2 Å². The number of aromatic hydroxyl groups is 1. The highest BCUT2D eigenvalue weighted by Gasteiger charge is 2.29. The van der Waals surface area contributed by atoms with Gasteiger partial charge in [0.25, 0.3) is 0 Å². The van der Waals surface area contributed by atoms with Crippen molar-refractivity contribution < 1.29 is 19.4 Å². The average Bonchev–Trinajstić information content (AvgIpc) is 2.31. The second-order valence-corrected chi connectivity index (χ2v) is 5.75. The summed E-state index contributed by atoms with van der Waals surface area (Å²) in [5, 5.41) is 10.0. The second-order valence-electron chi connectivity index (χ2n) is 5.34. The average molecular weight is 300 g/mol. The molecule has 0 spiro atoms. The highest BCUT2D eigenvalue weighted by atomic mass is 35.5. The molecule has 1 atom stereocenters. The molecular weight excluding hydrogens is 282 g/mol. The highest BCUT2D eigenvalue weighted by Crippen LogP contribution is 2.33. The molecular formula is C14H18ClNO4. The van der Waals surface area contributed by atoms with Crippen molar-refractivity contribution in [2.45, 2.75) is 32.4 Å². The molecule has 0 radical (unpaired) electrons. The predicted octanol–water partition coefficient (Wildman–Crippen LogP) is 3.15. The van der Waals surface area contributed by atoms with Crippen LogP contribution in [0, 0.1) is 0 Å². The molecule has 0 aliphatic carbocycles. The molecule has 110 valence electrons. The lowest BCUT2D eigenvalue weighted by atomic mass is 10.1. The van der Waals surface area contributed by atoms with Gasteiger partial charge in [-0.1, -0.05) is 17.7 Å². The number of carbonyl (C=O) groups excluding carboxylic acids is 2. The maximum Gasteiger partial charge on any atom is 0.410 e. The number of phenols is 1. The van der Waals surface area contributed by atoms with E-state index in [1.165, 1.54) is 19.2 Å². The molecule has 0 fully saturated rings. The van der Waals surface area contributed by atoms with Crippen molar-refractivity contribution in [2.24, 2.45) is 0 Å². The maximum atomic E-state index is 12.0. The molecule has 1 aromatic carbocycles. The summed E-state index contributed by atoms with van der Waals surface area (Å²) in [6.45, 7) is 5.17. The summed E-state index contributed by atoms with van der Waals surface area (Å²) in [5.41, 5.74) is -0.501. The first-order valence-corrected chi connectivity index (χ1v) is 6.43. The van der Waals surface area contributed by atoms with Crippen LogP contribution in [0.5, 0.6) is 5.75 Å². The van der Waals surface area contributed by atoms with Gasteiger partial charge in [-0.25, -0.2) is 4.79 Å². The zero-order valence-corrected chi connectivity index (χ0v) is 12.6. The zero-order valence-electron chi connectivity index (χ0n) is 11.9. The summed E-state index contributed by atoms with van der Waals surface area (Å²) in [6.07, 6.45) is -0.140. The number of carbonyl (C=O) groups is 2. The number of amides is 1. The third-order valence-corrected chi connectivity index (χ3v) is 2.88. The second kappa shape index (κ2) is 6.13. The summed E-state index contributed by atoms with van der Waals surface area (Å²) >= 11 is 5.99. The van der Waals surface area contributed by atoms with Crippen molar-refractivity contribution in [3.63, 3.8) is 0 Å². The first-order valence-electron chi connectivity index (χ1n) is 6.06. The summed E-state index contributed by atoms with van der Waals surface area (Å²) in [4.78, 5) is 24.4. The molecule has 0 aliphatic rings. The number of rotatable bonds is 3. The summed E-state index contributed by atoms with van der Waals surface area (Å²) in [6, 6.07) is 3.48. The number of phenolic OH excluding ortho intramolecular Hbond substituents is 1. The lowest BCUT2D eigenvalue weighted by Gasteiger charge is -2.28. The van der Waals surface area contributed by atoms with Crippen LogP contribution in [-0.2, 0) is 9.53 Å². The van der Waals surface area contributed by atoms with Gasteiger partial charge in [-0.2, -0.15) is 0 Å². The minimum atomic E-state index is -1.02. The Morgan fingerprint density at radius 2 is 2.05 bits per heavy atom. The van der Waals surface area contributed by atoms with E-state index in [0.717, 1.165) is 4.90 Å². The van der Waals surface area contributed by atoms with E-state index >= 15 is 0 Å². The van der Waals surface area contributed by atoms with Crippen LogP contribution in [0.25, 0.3) is 0 Å². The fraction of sp³-hybridized carbons (Fsp3) is 0.429. The van der Waals surface area contributed by atoms with Gasteiger partial charge < -0.3 is 14.6 Å². The maximum absolute atomic E-state index is 12.0. The van der Waals surface area contributed by atoms with Crippen LogP contribution >= 0.6 is 11.6 Å². The SMILES string of the molecule is CN(C(=O)OC(C)(C)C)C(C=O)c1c(O)cccc1Cl. The van der Waals surface area contributed by atoms with Crippen molar-refractivity contribution in [2.75, 3.05) is 7.05 Å². The molecule has 0 heterocycles. The van der Waals surface area contributed by atoms with Crippen molar-refractivity contribution in [3.8, 4) is 5.75 Å². The van der Waals surface area contributed by atoms with E-state index in [1.807, 2.05) is 0 Å². The smallest absolute Gasteiger partial charge is 0.410 e. The summed E-state index contributed by atoms with van der Waals surface area (Å²) in [7, 11) is 1.41. The largest absolute Gasteiger partial charge is 0.508 e. The van der Waals surface area contributed by atoms with E-state index in [0.29, 0.717) is 6.29 Å². The standard InChI is InChI=1S/C14H18ClNO4/c1-14(2,3)20-13(19)16(4)10(8-17)12-9(15)6-5-7-11(12)18/h5-8,10,18H,1-4H3. The Labute approximate surface area is 123 Å². The number of benzene rings is 1. The lowest BCUT2D eigenvalue weighted by Crippen LogP contribution is -2.37. The van der Waals surface area contributed by atoms with Gasteiger partial charge in [-0.3, -0.25) is 4.90 Å². The van der Waals surface area contributed by atoms with E-state index in [-0.39, 0.29) is 16.3 Å². The van der Waals surface area contributed by atoms with Gasteiger partial charge in [0.1, 0.15) is 23.7 Å². The fourth-order valence-electron chi connectivity index (χ4n) is 1.62. The Kier molecular flexibility index (Phi) is 5.00. The minimum Gasteiger partial charge on any atom is -0.508 e.